The molecule has 2 aliphatic heterocycles. The Labute approximate surface area is 148 Å². The van der Waals surface area contributed by atoms with Gasteiger partial charge in [0.25, 0.3) is 5.91 Å². The molecule has 3 heterocycles. The van der Waals surface area contributed by atoms with E-state index in [9.17, 15) is 4.79 Å². The number of aromatic nitrogens is 1. The van der Waals surface area contributed by atoms with Gasteiger partial charge in [-0.2, -0.15) is 0 Å². The van der Waals surface area contributed by atoms with Crippen molar-refractivity contribution in [1.82, 2.24) is 15.6 Å². The van der Waals surface area contributed by atoms with E-state index in [1.165, 1.54) is 11.3 Å². The smallest absolute Gasteiger partial charge is 0.265 e. The first kappa shape index (κ1) is 16.0. The van der Waals surface area contributed by atoms with Crippen molar-refractivity contribution in [3.63, 3.8) is 0 Å². The second-order valence-corrected chi connectivity index (χ2v) is 6.94. The summed E-state index contributed by atoms with van der Waals surface area (Å²) in [6, 6.07) is 5.64. The molecule has 132 valence electrons. The highest BCUT2D eigenvalue weighted by atomic mass is 32.1. The van der Waals surface area contributed by atoms with Crippen LogP contribution in [0, 0.1) is 0 Å². The SMILES string of the molecule is Nc1nc(Nc2ccc3c(c2)OCO3)sc1C(=O)NC1CCCNC1. The van der Waals surface area contributed by atoms with Crippen LogP contribution < -0.4 is 31.2 Å². The van der Waals surface area contributed by atoms with Gasteiger partial charge in [-0.3, -0.25) is 4.79 Å². The summed E-state index contributed by atoms with van der Waals surface area (Å²) >= 11 is 1.23. The van der Waals surface area contributed by atoms with Gasteiger partial charge in [-0.1, -0.05) is 11.3 Å². The number of nitrogens with one attached hydrogen (secondary N) is 3. The molecule has 9 heteroatoms. The van der Waals surface area contributed by atoms with Crippen molar-refractivity contribution in [1.29, 1.82) is 0 Å². The Bertz CT molecular complexity index is 788. The summed E-state index contributed by atoms with van der Waals surface area (Å²) in [5, 5.41) is 10.00. The molecule has 5 N–H and O–H groups in total. The highest BCUT2D eigenvalue weighted by molar-refractivity contribution is 7.18. The Balaban J connectivity index is 1.45. The molecule has 2 aromatic rings. The molecule has 1 saturated heterocycles. The number of nitrogens with zero attached hydrogens (tertiary/aromatic N) is 1. The maximum Gasteiger partial charge on any atom is 0.265 e. The number of rotatable bonds is 4. The summed E-state index contributed by atoms with van der Waals surface area (Å²) in [5.41, 5.74) is 6.72. The normalized spacial score (nSPS) is 18.8. The standard InChI is InChI=1S/C16H19N5O3S/c17-14-13(15(22)19-10-2-1-5-18-7-10)25-16(21-14)20-9-3-4-11-12(6-9)24-8-23-11/h3-4,6,10,18H,1-2,5,7-8,17H2,(H,19,22)(H,20,21). The molecule has 1 amide bonds. The van der Waals surface area contributed by atoms with Crippen molar-refractivity contribution in [3.8, 4) is 11.5 Å². The first-order chi connectivity index (χ1) is 12.2. The molecule has 0 radical (unpaired) electrons. The zero-order valence-electron chi connectivity index (χ0n) is 13.5. The largest absolute Gasteiger partial charge is 0.454 e. The number of thiazole rings is 1. The van der Waals surface area contributed by atoms with Gasteiger partial charge in [-0.25, -0.2) is 4.98 Å². The molecule has 0 aliphatic carbocycles. The summed E-state index contributed by atoms with van der Waals surface area (Å²) in [4.78, 5) is 17.1. The lowest BCUT2D eigenvalue weighted by Gasteiger charge is -2.23. The number of hydrogen-bond donors (Lipinski definition) is 4. The van der Waals surface area contributed by atoms with Gasteiger partial charge in [0.05, 0.1) is 0 Å². The molecule has 1 aromatic heterocycles. The maximum absolute atomic E-state index is 12.4. The number of fused-ring (bicyclic) bond motifs is 1. The number of anilines is 3. The number of piperidine rings is 1. The fourth-order valence-corrected chi connectivity index (χ4v) is 3.68. The molecule has 1 aromatic carbocycles. The molecule has 8 nitrogen and oxygen atoms in total. The van der Waals surface area contributed by atoms with Crippen molar-refractivity contribution in [2.75, 3.05) is 30.9 Å². The van der Waals surface area contributed by atoms with Gasteiger partial charge < -0.3 is 31.2 Å². The van der Waals surface area contributed by atoms with E-state index in [4.69, 9.17) is 15.2 Å². The minimum Gasteiger partial charge on any atom is -0.454 e. The average molecular weight is 361 g/mol. The molecule has 25 heavy (non-hydrogen) atoms. The van der Waals surface area contributed by atoms with Gasteiger partial charge in [-0.15, -0.1) is 0 Å². The number of ether oxygens (including phenoxy) is 2. The molecular formula is C16H19N5O3S. The average Bonchev–Trinajstić information content (AvgIpc) is 3.21. The minimum atomic E-state index is -0.178. The van der Waals surface area contributed by atoms with Gasteiger partial charge in [0.2, 0.25) is 6.79 Å². The predicted octanol–water partition coefficient (Wildman–Crippen LogP) is 1.68. The fraction of sp³-hybridized carbons (Fsp3) is 0.375. The van der Waals surface area contributed by atoms with Crippen LogP contribution in [-0.2, 0) is 0 Å². The molecule has 1 fully saturated rings. The summed E-state index contributed by atoms with van der Waals surface area (Å²) in [7, 11) is 0. The predicted molar refractivity (Wildman–Crippen MR) is 95.7 cm³/mol. The summed E-state index contributed by atoms with van der Waals surface area (Å²) in [6.45, 7) is 2.01. The van der Waals surface area contributed by atoms with Crippen LogP contribution in [0.3, 0.4) is 0 Å². The van der Waals surface area contributed by atoms with Gasteiger partial charge in [0, 0.05) is 24.3 Å². The van der Waals surface area contributed by atoms with E-state index >= 15 is 0 Å². The monoisotopic (exact) mass is 361 g/mol. The number of amides is 1. The second kappa shape index (κ2) is 6.77. The van der Waals surface area contributed by atoms with Crippen LogP contribution in [0.5, 0.6) is 11.5 Å². The number of carbonyl (C=O) groups excluding carboxylic acids is 1. The topological polar surface area (TPSA) is 111 Å². The number of carbonyl (C=O) groups is 1. The van der Waals surface area contributed by atoms with E-state index in [0.29, 0.717) is 21.5 Å². The Hall–Kier alpha value is -2.52. The molecule has 2 aliphatic rings. The Kier molecular flexibility index (Phi) is 4.33. The molecule has 4 rings (SSSR count). The van der Waals surface area contributed by atoms with E-state index in [0.717, 1.165) is 31.6 Å². The maximum atomic E-state index is 12.4. The Morgan fingerprint density at radius 2 is 2.24 bits per heavy atom. The quantitative estimate of drug-likeness (QED) is 0.656. The van der Waals surface area contributed by atoms with Crippen molar-refractivity contribution in [2.24, 2.45) is 0 Å². The Morgan fingerprint density at radius 3 is 3.08 bits per heavy atom. The molecule has 1 atom stereocenters. The van der Waals surface area contributed by atoms with Gasteiger partial charge in [0.15, 0.2) is 16.6 Å². The third-order valence-electron chi connectivity index (χ3n) is 4.12. The third kappa shape index (κ3) is 3.47. The molecule has 0 spiro atoms. The zero-order chi connectivity index (χ0) is 17.2. The van der Waals surface area contributed by atoms with Crippen molar-refractivity contribution in [3.05, 3.63) is 23.1 Å². The summed E-state index contributed by atoms with van der Waals surface area (Å²) in [6.07, 6.45) is 2.03. The van der Waals surface area contributed by atoms with Crippen molar-refractivity contribution >= 4 is 33.9 Å². The van der Waals surface area contributed by atoms with E-state index in [1.807, 2.05) is 18.2 Å². The van der Waals surface area contributed by atoms with E-state index in [-0.39, 0.29) is 24.6 Å². The van der Waals surface area contributed by atoms with Crippen LogP contribution in [0.25, 0.3) is 0 Å². The lowest BCUT2D eigenvalue weighted by Crippen LogP contribution is -2.45. The lowest BCUT2D eigenvalue weighted by molar-refractivity contribution is 0.0935. The number of benzene rings is 1. The number of nitrogens with two attached hydrogens (primary N) is 1. The van der Waals surface area contributed by atoms with Crippen LogP contribution in [0.15, 0.2) is 18.2 Å². The van der Waals surface area contributed by atoms with E-state index < -0.39 is 0 Å². The number of hydrogen-bond acceptors (Lipinski definition) is 8. The first-order valence-corrected chi connectivity index (χ1v) is 8.95. The molecular weight excluding hydrogens is 342 g/mol. The van der Waals surface area contributed by atoms with Crippen LogP contribution in [-0.4, -0.2) is 36.8 Å². The minimum absolute atomic E-state index is 0.132. The van der Waals surface area contributed by atoms with E-state index in [2.05, 4.69) is 20.9 Å². The van der Waals surface area contributed by atoms with Crippen LogP contribution in [0.2, 0.25) is 0 Å². The number of nitrogen functional groups attached to an aromatic ring is 1. The van der Waals surface area contributed by atoms with Crippen LogP contribution in [0.4, 0.5) is 16.6 Å². The highest BCUT2D eigenvalue weighted by Crippen LogP contribution is 2.36. The zero-order valence-corrected chi connectivity index (χ0v) is 14.3. The van der Waals surface area contributed by atoms with Crippen LogP contribution in [0.1, 0.15) is 22.5 Å². The van der Waals surface area contributed by atoms with Gasteiger partial charge in [-0.05, 0) is 31.5 Å². The first-order valence-electron chi connectivity index (χ1n) is 8.13. The summed E-state index contributed by atoms with van der Waals surface area (Å²) < 4.78 is 10.6. The van der Waals surface area contributed by atoms with Crippen molar-refractivity contribution in [2.45, 2.75) is 18.9 Å². The fourth-order valence-electron chi connectivity index (χ4n) is 2.87. The molecule has 0 bridgehead atoms. The van der Waals surface area contributed by atoms with E-state index in [1.54, 1.807) is 0 Å². The van der Waals surface area contributed by atoms with Gasteiger partial charge >= 0.3 is 0 Å². The lowest BCUT2D eigenvalue weighted by atomic mass is 10.1. The third-order valence-corrected chi connectivity index (χ3v) is 5.10. The van der Waals surface area contributed by atoms with Crippen LogP contribution >= 0.6 is 11.3 Å². The summed E-state index contributed by atoms with van der Waals surface area (Å²) in [5.74, 6) is 1.44. The second-order valence-electron chi connectivity index (χ2n) is 5.94. The van der Waals surface area contributed by atoms with Gasteiger partial charge in [0.1, 0.15) is 10.7 Å². The van der Waals surface area contributed by atoms with Crippen molar-refractivity contribution < 1.29 is 14.3 Å². The highest BCUT2D eigenvalue weighted by Gasteiger charge is 2.21. The molecule has 1 unspecified atom stereocenters. The molecule has 0 saturated carbocycles. The Morgan fingerprint density at radius 1 is 1.36 bits per heavy atom.